The van der Waals surface area contributed by atoms with E-state index < -0.39 is 5.63 Å². The van der Waals surface area contributed by atoms with Gasteiger partial charge >= 0.3 is 11.3 Å². The van der Waals surface area contributed by atoms with E-state index in [1.165, 1.54) is 0 Å². The smallest absolute Gasteiger partial charge is 0.344 e. The largest absolute Gasteiger partial charge is 0.422 e. The topological polar surface area (TPSA) is 65.3 Å². The van der Waals surface area contributed by atoms with Crippen LogP contribution in [0.4, 0.5) is 0 Å². The summed E-state index contributed by atoms with van der Waals surface area (Å²) in [6.07, 6.45) is 0. The third-order valence-corrected chi connectivity index (χ3v) is 10.1. The van der Waals surface area contributed by atoms with Crippen LogP contribution in [0.15, 0.2) is 164 Å². The van der Waals surface area contributed by atoms with E-state index in [0.29, 0.717) is 22.3 Å². The van der Waals surface area contributed by atoms with Crippen molar-refractivity contribution >= 4 is 65.3 Å². The lowest BCUT2D eigenvalue weighted by Gasteiger charge is -2.11. The van der Waals surface area contributed by atoms with Crippen LogP contribution in [0.1, 0.15) is 5.56 Å². The Hall–Kier alpha value is -6.72. The summed E-state index contributed by atoms with van der Waals surface area (Å²) in [4.78, 5) is 27.3. The second-order valence-electron chi connectivity index (χ2n) is 12.8. The van der Waals surface area contributed by atoms with Crippen molar-refractivity contribution in [2.45, 2.75) is 6.92 Å². The molecule has 0 aliphatic rings. The molecule has 0 amide bonds. The van der Waals surface area contributed by atoms with Gasteiger partial charge in [-0.2, -0.15) is 0 Å². The highest BCUT2D eigenvalue weighted by Crippen LogP contribution is 2.39. The first-order valence-corrected chi connectivity index (χ1v) is 16.6. The van der Waals surface area contributed by atoms with E-state index in [0.717, 1.165) is 76.5 Å². The van der Waals surface area contributed by atoms with E-state index in [1.54, 1.807) is 0 Å². The molecular weight excluding hydrogens is 618 g/mol. The molecule has 5 nitrogen and oxygen atoms in total. The molecule has 0 atom stereocenters. The van der Waals surface area contributed by atoms with Gasteiger partial charge in [-0.25, -0.2) is 9.59 Å². The predicted octanol–water partition coefficient (Wildman–Crippen LogP) is 10.9. The number of rotatable bonds is 3. The third-order valence-electron chi connectivity index (χ3n) is 10.1. The van der Waals surface area contributed by atoms with Gasteiger partial charge in [0.05, 0.1) is 22.2 Å². The van der Waals surface area contributed by atoms with Gasteiger partial charge in [-0.1, -0.05) is 97.1 Å². The van der Waals surface area contributed by atoms with Gasteiger partial charge in [-0.05, 0) is 88.3 Å². The Bertz CT molecular complexity index is 3150. The lowest BCUT2D eigenvalue weighted by atomic mass is 9.95. The Morgan fingerprint density at radius 3 is 1.90 bits per heavy atom. The summed E-state index contributed by atoms with van der Waals surface area (Å²) < 4.78 is 14.2. The summed E-state index contributed by atoms with van der Waals surface area (Å²) in [5.41, 5.74) is 6.80. The van der Waals surface area contributed by atoms with Crippen molar-refractivity contribution in [3.63, 3.8) is 0 Å². The van der Waals surface area contributed by atoms with Crippen molar-refractivity contribution < 1.29 is 8.83 Å². The number of aryl methyl sites for hydroxylation is 1. The number of aromatic nitrogens is 1. The third kappa shape index (κ3) is 4.13. The van der Waals surface area contributed by atoms with Gasteiger partial charge in [0.1, 0.15) is 11.2 Å². The van der Waals surface area contributed by atoms with Gasteiger partial charge in [0, 0.05) is 32.6 Å². The van der Waals surface area contributed by atoms with Crippen molar-refractivity contribution in [2.75, 3.05) is 0 Å². The molecule has 50 heavy (non-hydrogen) atoms. The minimum atomic E-state index is -0.391. The van der Waals surface area contributed by atoms with Gasteiger partial charge in [0.15, 0.2) is 0 Å². The second-order valence-corrected chi connectivity index (χ2v) is 12.8. The van der Waals surface area contributed by atoms with Crippen LogP contribution in [-0.2, 0) is 0 Å². The fourth-order valence-corrected chi connectivity index (χ4v) is 7.74. The molecule has 0 saturated heterocycles. The molecule has 0 radical (unpaired) electrons. The van der Waals surface area contributed by atoms with Crippen LogP contribution in [-0.4, -0.2) is 4.57 Å². The number of hydrogen-bond donors (Lipinski definition) is 0. The first-order chi connectivity index (χ1) is 24.5. The predicted molar refractivity (Wildman–Crippen MR) is 203 cm³/mol. The van der Waals surface area contributed by atoms with Gasteiger partial charge in [0.25, 0.3) is 0 Å². The molecule has 10 rings (SSSR count). The average Bonchev–Trinajstić information content (AvgIpc) is 3.47. The SMILES string of the molecule is Cc1c(-c2ccc3c(c2)c2cc(-c4cc5ccc6ccccc6c5oc4=O)ccc2n3-c2ccccc2)c(=O)oc2ccc3ccccc3c12. The Labute approximate surface area is 284 Å². The highest BCUT2D eigenvalue weighted by Gasteiger charge is 2.20. The minimum absolute atomic E-state index is 0.376. The molecule has 3 aromatic heterocycles. The van der Waals surface area contributed by atoms with Crippen LogP contribution >= 0.6 is 0 Å². The van der Waals surface area contributed by atoms with Crippen molar-refractivity contribution in [1.29, 1.82) is 0 Å². The maximum atomic E-state index is 13.7. The number of nitrogens with zero attached hydrogens (tertiary/aromatic N) is 1. The summed E-state index contributed by atoms with van der Waals surface area (Å²) in [5, 5.41) is 7.76. The molecule has 5 heteroatoms. The molecule has 7 aromatic carbocycles. The van der Waals surface area contributed by atoms with Crippen LogP contribution in [0, 0.1) is 6.92 Å². The van der Waals surface area contributed by atoms with E-state index >= 15 is 0 Å². The zero-order valence-corrected chi connectivity index (χ0v) is 26.9. The molecule has 0 bridgehead atoms. The lowest BCUT2D eigenvalue weighted by molar-refractivity contribution is 0.563. The monoisotopic (exact) mass is 645 g/mol. The fourth-order valence-electron chi connectivity index (χ4n) is 7.74. The van der Waals surface area contributed by atoms with Crippen molar-refractivity contribution in [3.8, 4) is 27.9 Å². The van der Waals surface area contributed by atoms with E-state index in [4.69, 9.17) is 8.83 Å². The van der Waals surface area contributed by atoms with E-state index in [2.05, 4.69) is 53.1 Å². The number of fused-ring (bicyclic) bond motifs is 9. The van der Waals surface area contributed by atoms with Gasteiger partial charge in [-0.3, -0.25) is 0 Å². The maximum Gasteiger partial charge on any atom is 0.344 e. The van der Waals surface area contributed by atoms with E-state index in [1.807, 2.05) is 104 Å². The minimum Gasteiger partial charge on any atom is -0.422 e. The van der Waals surface area contributed by atoms with Crippen molar-refractivity contribution in [1.82, 2.24) is 4.57 Å². The molecule has 236 valence electrons. The molecule has 3 heterocycles. The van der Waals surface area contributed by atoms with Crippen molar-refractivity contribution in [2.24, 2.45) is 0 Å². The zero-order chi connectivity index (χ0) is 33.5. The van der Waals surface area contributed by atoms with Gasteiger partial charge in [-0.15, -0.1) is 0 Å². The summed E-state index contributed by atoms with van der Waals surface area (Å²) in [5.74, 6) is 0. The Morgan fingerprint density at radius 1 is 0.500 bits per heavy atom. The van der Waals surface area contributed by atoms with Crippen LogP contribution in [0.5, 0.6) is 0 Å². The summed E-state index contributed by atoms with van der Waals surface area (Å²) in [7, 11) is 0. The van der Waals surface area contributed by atoms with Crippen LogP contribution in [0.2, 0.25) is 0 Å². The highest BCUT2D eigenvalue weighted by molar-refractivity contribution is 6.13. The molecule has 10 aromatic rings. The first kappa shape index (κ1) is 28.3. The quantitative estimate of drug-likeness (QED) is 0.142. The lowest BCUT2D eigenvalue weighted by Crippen LogP contribution is -2.06. The maximum absolute atomic E-state index is 13.7. The number of hydrogen-bond acceptors (Lipinski definition) is 4. The Kier molecular flexibility index (Phi) is 6.02. The van der Waals surface area contributed by atoms with Gasteiger partial charge in [0.2, 0.25) is 0 Å². The van der Waals surface area contributed by atoms with Crippen LogP contribution in [0.25, 0.3) is 93.2 Å². The molecule has 0 unspecified atom stereocenters. The van der Waals surface area contributed by atoms with Crippen LogP contribution < -0.4 is 11.3 Å². The molecular formula is C45H27NO4. The molecule has 0 N–H and O–H groups in total. The Balaban J connectivity index is 1.23. The standard InChI is InChI=1S/C45H27NO4/c1-26-41(45(48)49-40-22-19-27-9-5-7-13-33(27)42(26)40)30-18-21-39-37(24-30)36-23-29(17-20-38(36)46(39)32-11-3-2-4-12-32)35-25-31-16-15-28-10-6-8-14-34(28)43(31)50-44(35)47/h2-25H,1H3. The number of benzene rings is 7. The first-order valence-electron chi connectivity index (χ1n) is 16.6. The van der Waals surface area contributed by atoms with Crippen molar-refractivity contribution in [3.05, 3.63) is 172 Å². The van der Waals surface area contributed by atoms with Crippen LogP contribution in [0.3, 0.4) is 0 Å². The normalized spacial score (nSPS) is 11.9. The molecule has 0 fully saturated rings. The zero-order valence-electron chi connectivity index (χ0n) is 26.9. The molecule has 0 aliphatic heterocycles. The average molecular weight is 646 g/mol. The Morgan fingerprint density at radius 2 is 1.12 bits per heavy atom. The van der Waals surface area contributed by atoms with Gasteiger partial charge < -0.3 is 13.4 Å². The number of para-hydroxylation sites is 1. The second kappa shape index (κ2) is 10.6. The fraction of sp³-hybridized carbons (Fsp3) is 0.0222. The highest BCUT2D eigenvalue weighted by atomic mass is 16.4. The molecule has 0 saturated carbocycles. The molecule has 0 spiro atoms. The summed E-state index contributed by atoms with van der Waals surface area (Å²) in [6, 6.07) is 48.3. The van der Waals surface area contributed by atoms with E-state index in [9.17, 15) is 9.59 Å². The van der Waals surface area contributed by atoms with E-state index in [-0.39, 0.29) is 5.63 Å². The summed E-state index contributed by atoms with van der Waals surface area (Å²) >= 11 is 0. The summed E-state index contributed by atoms with van der Waals surface area (Å²) in [6.45, 7) is 2.00. The molecule has 0 aliphatic carbocycles.